The van der Waals surface area contributed by atoms with Crippen molar-refractivity contribution >= 4 is 5.91 Å². The number of carbonyl (C=O) groups is 1. The highest BCUT2D eigenvalue weighted by molar-refractivity contribution is 5.77. The van der Waals surface area contributed by atoms with Gasteiger partial charge in [-0.15, -0.1) is 5.10 Å². The van der Waals surface area contributed by atoms with Gasteiger partial charge in [0.2, 0.25) is 5.91 Å². The number of nitrogens with one attached hydrogen (secondary N) is 1. The number of hydrogen-bond donors (Lipinski definition) is 1. The van der Waals surface area contributed by atoms with Gasteiger partial charge in [0, 0.05) is 30.4 Å². The van der Waals surface area contributed by atoms with E-state index in [0.717, 1.165) is 24.0 Å². The molecule has 0 spiro atoms. The van der Waals surface area contributed by atoms with Crippen molar-refractivity contribution in [1.82, 2.24) is 20.1 Å². The SMILES string of the molecule is O=C(Cn1nc(-c2ccccc2)nc1-c1ccccc1)NC1CCOCC1. The van der Waals surface area contributed by atoms with Gasteiger partial charge < -0.3 is 10.1 Å². The van der Waals surface area contributed by atoms with Gasteiger partial charge in [-0.1, -0.05) is 60.7 Å². The van der Waals surface area contributed by atoms with Crippen LogP contribution in [0.4, 0.5) is 0 Å². The molecule has 1 N–H and O–H groups in total. The minimum atomic E-state index is -0.0522. The molecule has 1 fully saturated rings. The van der Waals surface area contributed by atoms with Crippen molar-refractivity contribution in [2.45, 2.75) is 25.4 Å². The molecule has 1 aromatic heterocycles. The largest absolute Gasteiger partial charge is 0.381 e. The summed E-state index contributed by atoms with van der Waals surface area (Å²) in [6.45, 7) is 1.53. The zero-order valence-electron chi connectivity index (χ0n) is 15.0. The first-order valence-corrected chi connectivity index (χ1v) is 9.22. The van der Waals surface area contributed by atoms with Crippen molar-refractivity contribution < 1.29 is 9.53 Å². The predicted molar refractivity (Wildman–Crippen MR) is 103 cm³/mol. The minimum Gasteiger partial charge on any atom is -0.381 e. The standard InChI is InChI=1S/C21H22N4O2/c26-19(22-18-11-13-27-14-12-18)15-25-21(17-9-5-2-6-10-17)23-20(24-25)16-7-3-1-4-8-16/h1-10,18H,11-15H2,(H,22,26). The Labute approximate surface area is 158 Å². The van der Waals surface area contributed by atoms with E-state index in [4.69, 9.17) is 9.72 Å². The molecule has 1 aliphatic heterocycles. The number of amides is 1. The molecule has 27 heavy (non-hydrogen) atoms. The molecule has 138 valence electrons. The van der Waals surface area contributed by atoms with E-state index in [1.54, 1.807) is 4.68 Å². The lowest BCUT2D eigenvalue weighted by molar-refractivity contribution is -0.123. The number of nitrogens with zero attached hydrogens (tertiary/aromatic N) is 3. The first-order valence-electron chi connectivity index (χ1n) is 9.22. The minimum absolute atomic E-state index is 0.0522. The number of rotatable bonds is 5. The lowest BCUT2D eigenvalue weighted by Crippen LogP contribution is -2.40. The third-order valence-corrected chi connectivity index (χ3v) is 4.62. The number of carbonyl (C=O) groups excluding carboxylic acids is 1. The lowest BCUT2D eigenvalue weighted by Gasteiger charge is -2.23. The highest BCUT2D eigenvalue weighted by atomic mass is 16.5. The van der Waals surface area contributed by atoms with Gasteiger partial charge in [0.1, 0.15) is 6.54 Å². The molecule has 0 saturated carbocycles. The van der Waals surface area contributed by atoms with Gasteiger partial charge in [-0.25, -0.2) is 9.67 Å². The molecule has 0 unspecified atom stereocenters. The lowest BCUT2D eigenvalue weighted by atomic mass is 10.1. The van der Waals surface area contributed by atoms with Crippen LogP contribution in [0.3, 0.4) is 0 Å². The maximum atomic E-state index is 12.6. The zero-order valence-corrected chi connectivity index (χ0v) is 15.0. The second kappa shape index (κ2) is 8.14. The van der Waals surface area contributed by atoms with Crippen LogP contribution in [0.5, 0.6) is 0 Å². The van der Waals surface area contributed by atoms with E-state index < -0.39 is 0 Å². The average Bonchev–Trinajstić information content (AvgIpc) is 3.14. The van der Waals surface area contributed by atoms with Gasteiger partial charge in [-0.3, -0.25) is 4.79 Å². The van der Waals surface area contributed by atoms with Crippen LogP contribution in [0.15, 0.2) is 60.7 Å². The second-order valence-electron chi connectivity index (χ2n) is 6.60. The van der Waals surface area contributed by atoms with Gasteiger partial charge >= 0.3 is 0 Å². The summed E-state index contributed by atoms with van der Waals surface area (Å²) >= 11 is 0. The number of aromatic nitrogens is 3. The van der Waals surface area contributed by atoms with Crippen LogP contribution in [0, 0.1) is 0 Å². The molecule has 1 aliphatic rings. The summed E-state index contributed by atoms with van der Waals surface area (Å²) in [5, 5.41) is 7.70. The van der Waals surface area contributed by atoms with E-state index in [9.17, 15) is 4.79 Å². The Morgan fingerprint density at radius 1 is 1.00 bits per heavy atom. The van der Waals surface area contributed by atoms with Gasteiger partial charge in [0.25, 0.3) is 0 Å². The van der Waals surface area contributed by atoms with Gasteiger partial charge in [0.05, 0.1) is 0 Å². The monoisotopic (exact) mass is 362 g/mol. The summed E-state index contributed by atoms with van der Waals surface area (Å²) in [7, 11) is 0. The third-order valence-electron chi connectivity index (χ3n) is 4.62. The zero-order chi connectivity index (χ0) is 18.5. The fraction of sp³-hybridized carbons (Fsp3) is 0.286. The summed E-state index contributed by atoms with van der Waals surface area (Å²) in [5.74, 6) is 1.26. The summed E-state index contributed by atoms with van der Waals surface area (Å²) in [4.78, 5) is 17.3. The van der Waals surface area contributed by atoms with Gasteiger partial charge in [0.15, 0.2) is 11.6 Å². The number of ether oxygens (including phenoxy) is 1. The number of benzene rings is 2. The molecule has 1 saturated heterocycles. The van der Waals surface area contributed by atoms with Crippen molar-refractivity contribution in [3.05, 3.63) is 60.7 Å². The van der Waals surface area contributed by atoms with Crippen LogP contribution in [0.2, 0.25) is 0 Å². The topological polar surface area (TPSA) is 69.0 Å². The smallest absolute Gasteiger partial charge is 0.242 e. The predicted octanol–water partition coefficient (Wildman–Crippen LogP) is 2.91. The van der Waals surface area contributed by atoms with Crippen molar-refractivity contribution in [1.29, 1.82) is 0 Å². The normalized spacial score (nSPS) is 14.8. The summed E-state index contributed by atoms with van der Waals surface area (Å²) in [5.41, 5.74) is 1.87. The molecule has 3 aromatic rings. The molecule has 1 amide bonds. The van der Waals surface area contributed by atoms with E-state index >= 15 is 0 Å². The van der Waals surface area contributed by atoms with Crippen LogP contribution in [-0.4, -0.2) is 39.9 Å². The molecule has 2 aromatic carbocycles. The van der Waals surface area contributed by atoms with Gasteiger partial charge in [-0.05, 0) is 12.8 Å². The Bertz CT molecular complexity index is 887. The maximum Gasteiger partial charge on any atom is 0.242 e. The Morgan fingerprint density at radius 2 is 1.63 bits per heavy atom. The quantitative estimate of drug-likeness (QED) is 0.758. The average molecular weight is 362 g/mol. The highest BCUT2D eigenvalue weighted by Gasteiger charge is 2.19. The molecule has 0 aliphatic carbocycles. The molecular formula is C21H22N4O2. The number of hydrogen-bond acceptors (Lipinski definition) is 4. The van der Waals surface area contributed by atoms with E-state index in [-0.39, 0.29) is 18.5 Å². The van der Waals surface area contributed by atoms with Gasteiger partial charge in [-0.2, -0.15) is 0 Å². The van der Waals surface area contributed by atoms with Crippen LogP contribution >= 0.6 is 0 Å². The molecule has 0 radical (unpaired) electrons. The van der Waals surface area contributed by atoms with E-state index in [0.29, 0.717) is 24.9 Å². The Hall–Kier alpha value is -2.99. The molecule has 4 rings (SSSR count). The molecule has 0 bridgehead atoms. The van der Waals surface area contributed by atoms with Crippen LogP contribution < -0.4 is 5.32 Å². The third kappa shape index (κ3) is 4.23. The van der Waals surface area contributed by atoms with E-state index in [1.165, 1.54) is 0 Å². The Morgan fingerprint density at radius 3 is 2.30 bits per heavy atom. The fourth-order valence-corrected chi connectivity index (χ4v) is 3.21. The second-order valence-corrected chi connectivity index (χ2v) is 6.60. The summed E-state index contributed by atoms with van der Waals surface area (Å²) in [6.07, 6.45) is 1.70. The molecule has 6 heteroatoms. The molecule has 0 atom stereocenters. The van der Waals surface area contributed by atoms with Crippen LogP contribution in [-0.2, 0) is 16.1 Å². The van der Waals surface area contributed by atoms with Crippen molar-refractivity contribution in [3.63, 3.8) is 0 Å². The molecular weight excluding hydrogens is 340 g/mol. The Kier molecular flexibility index (Phi) is 5.25. The highest BCUT2D eigenvalue weighted by Crippen LogP contribution is 2.22. The fourth-order valence-electron chi connectivity index (χ4n) is 3.21. The molecule has 2 heterocycles. The van der Waals surface area contributed by atoms with Crippen molar-refractivity contribution in [3.8, 4) is 22.8 Å². The van der Waals surface area contributed by atoms with Crippen LogP contribution in [0.25, 0.3) is 22.8 Å². The Balaban J connectivity index is 1.60. The first kappa shape index (κ1) is 17.4. The summed E-state index contributed by atoms with van der Waals surface area (Å²) < 4.78 is 7.04. The van der Waals surface area contributed by atoms with E-state index in [2.05, 4.69) is 10.4 Å². The van der Waals surface area contributed by atoms with E-state index in [1.807, 2.05) is 60.7 Å². The first-order chi connectivity index (χ1) is 13.3. The van der Waals surface area contributed by atoms with Crippen molar-refractivity contribution in [2.75, 3.05) is 13.2 Å². The summed E-state index contributed by atoms with van der Waals surface area (Å²) in [6, 6.07) is 19.8. The van der Waals surface area contributed by atoms with Crippen LogP contribution in [0.1, 0.15) is 12.8 Å². The maximum absolute atomic E-state index is 12.6. The molecule has 6 nitrogen and oxygen atoms in total. The van der Waals surface area contributed by atoms with Crippen molar-refractivity contribution in [2.24, 2.45) is 0 Å².